The van der Waals surface area contributed by atoms with Crippen molar-refractivity contribution in [2.24, 2.45) is 0 Å². The topological polar surface area (TPSA) is 56.6 Å². The van der Waals surface area contributed by atoms with Crippen LogP contribution in [0.2, 0.25) is 0 Å². The maximum atomic E-state index is 4.78. The second-order valence-electron chi connectivity index (χ2n) is 11.1. The largest absolute Gasteiger partial charge is 4.00 e. The van der Waals surface area contributed by atoms with E-state index in [1.807, 2.05) is 146 Å². The third kappa shape index (κ3) is 5.43. The number of benzene rings is 1. The van der Waals surface area contributed by atoms with Gasteiger partial charge in [-0.3, -0.25) is 9.97 Å². The molecule has 11 nitrogen and oxygen atoms in total. The zero-order chi connectivity index (χ0) is 30.1. The molecule has 0 amide bonds. The molecule has 7 heterocycles. The number of fused-ring (bicyclic) bond motifs is 3. The second kappa shape index (κ2) is 12.3. The van der Waals surface area contributed by atoms with Crippen LogP contribution in [0.3, 0.4) is 0 Å². The Balaban J connectivity index is 0.00000186. The molecule has 4 aliphatic heterocycles. The van der Waals surface area contributed by atoms with Crippen molar-refractivity contribution in [3.63, 3.8) is 0 Å². The molecule has 4 aromatic rings. The number of nitrogens with zero attached hydrogens (tertiary/aromatic N) is 11. The Morgan fingerprint density at radius 2 is 0.891 bits per heavy atom. The zero-order valence-corrected chi connectivity index (χ0v) is 30.2. The Hall–Kier alpha value is -3.94. The summed E-state index contributed by atoms with van der Waals surface area (Å²) in [5.74, 6) is 1.35. The standard InChI is InChI=1S/C33H29N11.2Pt/c1-24-28(40-10-6-36(2)20-40)14-25(15-29(24)41-11-7-37(3)21-41)44-30-16-32(42-12-8-38(4)22-42)34-18-26(30)27-19-35-33(17-31(27)44)43-13-9-39(5)23-43;;/h6-13,18-23H,1-5H3;;/q-8;2*+4. The van der Waals surface area contributed by atoms with E-state index in [0.717, 1.165) is 44.4 Å². The fourth-order valence-corrected chi connectivity index (χ4v) is 5.63. The van der Waals surface area contributed by atoms with E-state index in [1.54, 1.807) is 0 Å². The van der Waals surface area contributed by atoms with E-state index in [9.17, 15) is 0 Å². The Morgan fingerprint density at radius 3 is 1.24 bits per heavy atom. The predicted molar refractivity (Wildman–Crippen MR) is 171 cm³/mol. The molecular formula is C33H29N11Pt2. The van der Waals surface area contributed by atoms with Crippen LogP contribution in [0.25, 0.3) is 27.5 Å². The molecule has 0 spiro atoms. The smallest absolute Gasteiger partial charge is 0.520 e. The van der Waals surface area contributed by atoms with E-state index in [1.165, 1.54) is 0 Å². The fourth-order valence-electron chi connectivity index (χ4n) is 5.63. The van der Waals surface area contributed by atoms with Crippen molar-refractivity contribution in [3.8, 4) is 5.69 Å². The van der Waals surface area contributed by atoms with Gasteiger partial charge in [-0.15, -0.1) is 18.0 Å². The SMILES string of the molecule is Cc1c(N2C=CN(C)[CH-]2)[c-]c(-n2c3[c-]c(N4C=CN(C)[CH-]4)ncc3c3cnc(N4C=CN(C)[CH-]4)[c-]c32)[c-]c1N1C=CN(C)[CH-]1.[Pt+4].[Pt+4]. The van der Waals surface area contributed by atoms with Gasteiger partial charge in [-0.05, 0) is 77.8 Å². The van der Waals surface area contributed by atoms with Crippen LogP contribution in [0.5, 0.6) is 0 Å². The molecule has 0 atom stereocenters. The number of rotatable bonds is 5. The minimum atomic E-state index is 0. The monoisotopic (exact) mass is 969 g/mol. The van der Waals surface area contributed by atoms with Crippen molar-refractivity contribution >= 4 is 44.8 Å². The van der Waals surface area contributed by atoms with Crippen LogP contribution >= 0.6 is 0 Å². The summed E-state index contributed by atoms with van der Waals surface area (Å²) in [6.07, 6.45) is 19.8. The summed E-state index contributed by atoms with van der Waals surface area (Å²) in [5, 5.41) is 1.83. The summed E-state index contributed by atoms with van der Waals surface area (Å²) in [7, 11) is 7.99. The molecule has 0 unspecified atom stereocenters. The maximum Gasteiger partial charge on any atom is 4.00 e. The molecule has 4 aliphatic rings. The second-order valence-corrected chi connectivity index (χ2v) is 11.1. The molecule has 0 radical (unpaired) electrons. The summed E-state index contributed by atoms with van der Waals surface area (Å²) in [5.41, 5.74) is 5.27. The van der Waals surface area contributed by atoms with Crippen LogP contribution in [-0.4, -0.2) is 62.3 Å². The van der Waals surface area contributed by atoms with Crippen molar-refractivity contribution in [2.75, 3.05) is 47.8 Å². The summed E-state index contributed by atoms with van der Waals surface area (Å²) in [6, 6.07) is 14.6. The van der Waals surface area contributed by atoms with E-state index < -0.39 is 0 Å². The summed E-state index contributed by atoms with van der Waals surface area (Å²) >= 11 is 0. The number of pyridine rings is 2. The third-order valence-electron chi connectivity index (χ3n) is 7.83. The van der Waals surface area contributed by atoms with Gasteiger partial charge in [0.1, 0.15) is 0 Å². The minimum absolute atomic E-state index is 0. The molecule has 0 N–H and O–H groups in total. The minimum Gasteiger partial charge on any atom is -0.520 e. The molecule has 0 fully saturated rings. The van der Waals surface area contributed by atoms with Gasteiger partial charge in [-0.1, -0.05) is 12.4 Å². The van der Waals surface area contributed by atoms with Crippen molar-refractivity contribution < 1.29 is 42.1 Å². The Labute approximate surface area is 298 Å². The van der Waals surface area contributed by atoms with Crippen LogP contribution in [0.1, 0.15) is 5.56 Å². The van der Waals surface area contributed by atoms with Gasteiger partial charge >= 0.3 is 42.1 Å². The van der Waals surface area contributed by atoms with Gasteiger partial charge in [0.05, 0.1) is 0 Å². The van der Waals surface area contributed by atoms with Crippen LogP contribution < -0.4 is 19.6 Å². The number of anilines is 4. The van der Waals surface area contributed by atoms with Gasteiger partial charge in [0.15, 0.2) is 0 Å². The first-order valence-electron chi connectivity index (χ1n) is 14.1. The van der Waals surface area contributed by atoms with Crippen LogP contribution in [0, 0.1) is 57.9 Å². The molecule has 0 saturated carbocycles. The van der Waals surface area contributed by atoms with Gasteiger partial charge in [0.25, 0.3) is 0 Å². The van der Waals surface area contributed by atoms with Gasteiger partial charge < -0.3 is 55.9 Å². The molecule has 0 saturated heterocycles. The molecule has 1 aromatic carbocycles. The molecule has 236 valence electrons. The summed E-state index contributed by atoms with van der Waals surface area (Å²) in [6.45, 7) is 10.1. The maximum absolute atomic E-state index is 4.78. The average molecular weight is 970 g/mol. The molecule has 46 heavy (non-hydrogen) atoms. The van der Waals surface area contributed by atoms with Gasteiger partial charge in [0, 0.05) is 11.6 Å². The quantitative estimate of drug-likeness (QED) is 0.269. The van der Waals surface area contributed by atoms with Crippen molar-refractivity contribution in [1.82, 2.24) is 34.1 Å². The first-order valence-corrected chi connectivity index (χ1v) is 14.1. The summed E-state index contributed by atoms with van der Waals surface area (Å²) in [4.78, 5) is 25.6. The molecule has 0 bridgehead atoms. The summed E-state index contributed by atoms with van der Waals surface area (Å²) < 4.78 is 2.12. The number of hydrogen-bond donors (Lipinski definition) is 0. The molecular weight excluding hydrogens is 941 g/mol. The molecule has 13 heteroatoms. The predicted octanol–water partition coefficient (Wildman–Crippen LogP) is 4.45. The Bertz CT molecular complexity index is 1780. The zero-order valence-electron chi connectivity index (χ0n) is 25.6. The first-order chi connectivity index (χ1) is 21.3. The van der Waals surface area contributed by atoms with Crippen molar-refractivity contribution in [3.05, 3.63) is 118 Å². The van der Waals surface area contributed by atoms with E-state index >= 15 is 0 Å². The van der Waals surface area contributed by atoms with E-state index in [2.05, 4.69) is 45.6 Å². The van der Waals surface area contributed by atoms with Gasteiger partial charge in [-0.2, -0.15) is 38.8 Å². The molecule has 8 rings (SSSR count). The fraction of sp³-hybridized carbons (Fsp3) is 0.152. The van der Waals surface area contributed by atoms with Crippen LogP contribution in [0.15, 0.2) is 62.0 Å². The average Bonchev–Trinajstić information content (AvgIpc) is 3.85. The Kier molecular flexibility index (Phi) is 8.59. The van der Waals surface area contributed by atoms with Crippen LogP contribution in [-0.2, 0) is 42.1 Å². The van der Waals surface area contributed by atoms with Gasteiger partial charge in [0.2, 0.25) is 0 Å². The molecule has 0 aliphatic carbocycles. The van der Waals surface area contributed by atoms with E-state index in [-0.39, 0.29) is 42.1 Å². The van der Waals surface area contributed by atoms with Crippen molar-refractivity contribution in [2.45, 2.75) is 6.92 Å². The number of hydrogen-bond acceptors (Lipinski definition) is 10. The Morgan fingerprint density at radius 1 is 0.522 bits per heavy atom. The van der Waals surface area contributed by atoms with Crippen molar-refractivity contribution in [1.29, 1.82) is 0 Å². The van der Waals surface area contributed by atoms with Gasteiger partial charge in [-0.25, -0.2) is 33.4 Å². The number of aromatic nitrogens is 3. The normalized spacial score (nSPS) is 17.2. The van der Waals surface area contributed by atoms with Crippen LogP contribution in [0.4, 0.5) is 23.0 Å². The molecule has 3 aromatic heterocycles. The first kappa shape index (κ1) is 32.0. The van der Waals surface area contributed by atoms with E-state index in [0.29, 0.717) is 11.6 Å². The van der Waals surface area contributed by atoms with E-state index in [4.69, 9.17) is 9.97 Å². The third-order valence-corrected chi connectivity index (χ3v) is 7.83.